The Hall–Kier alpha value is -1.41. The van der Waals surface area contributed by atoms with E-state index in [-0.39, 0.29) is 0 Å². The summed E-state index contributed by atoms with van der Waals surface area (Å²) in [6, 6.07) is 7.72. The summed E-state index contributed by atoms with van der Waals surface area (Å²) in [5.74, 6) is 0. The van der Waals surface area contributed by atoms with Gasteiger partial charge < -0.3 is 10.3 Å². The summed E-state index contributed by atoms with van der Waals surface area (Å²) >= 11 is 5.96. The van der Waals surface area contributed by atoms with Gasteiger partial charge in [0.25, 0.3) is 0 Å². The SMILES string of the molecule is Cc1cc(N)c(Cl)cc1-n1cccc1. The van der Waals surface area contributed by atoms with E-state index in [9.17, 15) is 0 Å². The largest absolute Gasteiger partial charge is 0.398 e. The minimum Gasteiger partial charge on any atom is -0.398 e. The van der Waals surface area contributed by atoms with Gasteiger partial charge in [0, 0.05) is 18.1 Å². The first-order valence-corrected chi connectivity index (χ1v) is 4.75. The lowest BCUT2D eigenvalue weighted by Crippen LogP contribution is -1.96. The maximum atomic E-state index is 5.96. The Kier molecular flexibility index (Phi) is 2.22. The van der Waals surface area contributed by atoms with Crippen molar-refractivity contribution in [2.75, 3.05) is 5.73 Å². The molecule has 2 rings (SSSR count). The summed E-state index contributed by atoms with van der Waals surface area (Å²) in [6.07, 6.45) is 3.96. The smallest absolute Gasteiger partial charge is 0.0656 e. The van der Waals surface area contributed by atoms with Crippen molar-refractivity contribution in [1.82, 2.24) is 4.57 Å². The standard InChI is InChI=1S/C11H11ClN2/c1-8-6-10(13)9(12)7-11(8)14-4-2-3-5-14/h2-7H,13H2,1H3. The van der Waals surface area contributed by atoms with E-state index in [1.807, 2.05) is 48.1 Å². The number of anilines is 1. The number of halogens is 1. The third-order valence-electron chi connectivity index (χ3n) is 2.20. The van der Waals surface area contributed by atoms with Gasteiger partial charge in [-0.1, -0.05) is 11.6 Å². The van der Waals surface area contributed by atoms with Crippen LogP contribution in [0.3, 0.4) is 0 Å². The molecule has 0 aliphatic rings. The number of nitrogen functional groups attached to an aromatic ring is 1. The molecule has 0 aliphatic heterocycles. The minimum absolute atomic E-state index is 0.597. The van der Waals surface area contributed by atoms with Crippen molar-refractivity contribution in [3.05, 3.63) is 47.2 Å². The quantitative estimate of drug-likeness (QED) is 0.715. The zero-order chi connectivity index (χ0) is 10.1. The number of aryl methyl sites for hydroxylation is 1. The Labute approximate surface area is 87.9 Å². The van der Waals surface area contributed by atoms with Crippen molar-refractivity contribution in [1.29, 1.82) is 0 Å². The lowest BCUT2D eigenvalue weighted by atomic mass is 10.2. The van der Waals surface area contributed by atoms with Gasteiger partial charge in [0.2, 0.25) is 0 Å². The van der Waals surface area contributed by atoms with Crippen LogP contribution in [0.5, 0.6) is 0 Å². The van der Waals surface area contributed by atoms with Crippen LogP contribution in [0.1, 0.15) is 5.56 Å². The van der Waals surface area contributed by atoms with Crippen molar-refractivity contribution in [2.24, 2.45) is 0 Å². The van der Waals surface area contributed by atoms with Gasteiger partial charge in [0.15, 0.2) is 0 Å². The predicted octanol–water partition coefficient (Wildman–Crippen LogP) is 3.02. The molecule has 0 radical (unpaired) electrons. The highest BCUT2D eigenvalue weighted by molar-refractivity contribution is 6.33. The molecule has 1 heterocycles. The number of rotatable bonds is 1. The fraction of sp³-hybridized carbons (Fsp3) is 0.0909. The molecule has 0 amide bonds. The van der Waals surface area contributed by atoms with Crippen molar-refractivity contribution in [3.63, 3.8) is 0 Å². The highest BCUT2D eigenvalue weighted by atomic mass is 35.5. The second kappa shape index (κ2) is 3.39. The molecule has 0 bridgehead atoms. The maximum Gasteiger partial charge on any atom is 0.0656 e. The van der Waals surface area contributed by atoms with E-state index in [1.54, 1.807) is 0 Å². The molecule has 2 aromatic rings. The van der Waals surface area contributed by atoms with Crippen molar-refractivity contribution < 1.29 is 0 Å². The molecule has 2 N–H and O–H groups in total. The van der Waals surface area contributed by atoms with E-state index < -0.39 is 0 Å². The van der Waals surface area contributed by atoms with Gasteiger partial charge in [-0.2, -0.15) is 0 Å². The van der Waals surface area contributed by atoms with Crippen LogP contribution >= 0.6 is 11.6 Å². The van der Waals surface area contributed by atoms with Crippen LogP contribution in [0, 0.1) is 6.92 Å². The zero-order valence-corrected chi connectivity index (χ0v) is 8.62. The van der Waals surface area contributed by atoms with E-state index in [4.69, 9.17) is 17.3 Å². The van der Waals surface area contributed by atoms with Crippen LogP contribution in [0.15, 0.2) is 36.7 Å². The molecule has 0 saturated carbocycles. The fourth-order valence-electron chi connectivity index (χ4n) is 1.47. The summed E-state index contributed by atoms with van der Waals surface area (Å²) < 4.78 is 2.01. The molecule has 3 heteroatoms. The van der Waals surface area contributed by atoms with Crippen molar-refractivity contribution in [3.8, 4) is 5.69 Å². The van der Waals surface area contributed by atoms with E-state index in [0.29, 0.717) is 10.7 Å². The monoisotopic (exact) mass is 206 g/mol. The molecule has 0 saturated heterocycles. The second-order valence-corrected chi connectivity index (χ2v) is 3.66. The molecule has 72 valence electrons. The maximum absolute atomic E-state index is 5.96. The highest BCUT2D eigenvalue weighted by Crippen LogP contribution is 2.25. The van der Waals surface area contributed by atoms with Crippen LogP contribution < -0.4 is 5.73 Å². The molecule has 0 atom stereocenters. The van der Waals surface area contributed by atoms with E-state index in [1.165, 1.54) is 0 Å². The zero-order valence-electron chi connectivity index (χ0n) is 7.87. The van der Waals surface area contributed by atoms with Gasteiger partial charge in [-0.05, 0) is 36.8 Å². The van der Waals surface area contributed by atoms with Crippen LogP contribution in [0.2, 0.25) is 5.02 Å². The summed E-state index contributed by atoms with van der Waals surface area (Å²) in [6.45, 7) is 2.02. The first-order valence-electron chi connectivity index (χ1n) is 4.37. The normalized spacial score (nSPS) is 10.4. The number of benzene rings is 1. The lowest BCUT2D eigenvalue weighted by Gasteiger charge is -2.09. The summed E-state index contributed by atoms with van der Waals surface area (Å²) in [7, 11) is 0. The molecule has 0 fully saturated rings. The molecule has 0 unspecified atom stereocenters. The van der Waals surface area contributed by atoms with E-state index in [2.05, 4.69) is 0 Å². The molecular weight excluding hydrogens is 196 g/mol. The topological polar surface area (TPSA) is 30.9 Å². The average Bonchev–Trinajstić information content (AvgIpc) is 2.64. The van der Waals surface area contributed by atoms with Gasteiger partial charge >= 0.3 is 0 Å². The number of hydrogen-bond acceptors (Lipinski definition) is 1. The molecule has 0 spiro atoms. The van der Waals surface area contributed by atoms with Gasteiger partial charge in [0.05, 0.1) is 10.7 Å². The Bertz CT molecular complexity index is 447. The van der Waals surface area contributed by atoms with E-state index >= 15 is 0 Å². The van der Waals surface area contributed by atoms with Crippen LogP contribution in [0.4, 0.5) is 5.69 Å². The van der Waals surface area contributed by atoms with Crippen molar-refractivity contribution in [2.45, 2.75) is 6.92 Å². The molecule has 14 heavy (non-hydrogen) atoms. The molecule has 1 aromatic carbocycles. The average molecular weight is 207 g/mol. The van der Waals surface area contributed by atoms with Gasteiger partial charge in [-0.15, -0.1) is 0 Å². The first kappa shape index (κ1) is 9.16. The Morgan fingerprint density at radius 1 is 1.21 bits per heavy atom. The highest BCUT2D eigenvalue weighted by Gasteiger charge is 2.04. The minimum atomic E-state index is 0.597. The lowest BCUT2D eigenvalue weighted by molar-refractivity contribution is 1.06. The van der Waals surface area contributed by atoms with Crippen molar-refractivity contribution >= 4 is 17.3 Å². The van der Waals surface area contributed by atoms with Gasteiger partial charge in [0.1, 0.15) is 0 Å². The number of nitrogens with two attached hydrogens (primary N) is 1. The van der Waals surface area contributed by atoms with Crippen LogP contribution in [-0.4, -0.2) is 4.57 Å². The Morgan fingerprint density at radius 2 is 1.86 bits per heavy atom. The summed E-state index contributed by atoms with van der Waals surface area (Å²) in [4.78, 5) is 0. The molecular formula is C11H11ClN2. The second-order valence-electron chi connectivity index (χ2n) is 3.25. The fourth-order valence-corrected chi connectivity index (χ4v) is 1.62. The first-order chi connectivity index (χ1) is 6.68. The van der Waals surface area contributed by atoms with Crippen LogP contribution in [0.25, 0.3) is 5.69 Å². The summed E-state index contributed by atoms with van der Waals surface area (Å²) in [5.41, 5.74) is 8.50. The number of hydrogen-bond donors (Lipinski definition) is 1. The molecule has 1 aromatic heterocycles. The third-order valence-corrected chi connectivity index (χ3v) is 2.53. The molecule has 0 aliphatic carbocycles. The summed E-state index contributed by atoms with van der Waals surface area (Å²) in [5, 5.41) is 0.597. The number of aromatic nitrogens is 1. The predicted molar refractivity (Wildman–Crippen MR) is 59.9 cm³/mol. The Balaban J connectivity index is 2.60. The van der Waals surface area contributed by atoms with Gasteiger partial charge in [-0.3, -0.25) is 0 Å². The third kappa shape index (κ3) is 1.49. The van der Waals surface area contributed by atoms with E-state index in [0.717, 1.165) is 11.3 Å². The number of nitrogens with zero attached hydrogens (tertiary/aromatic N) is 1. The van der Waals surface area contributed by atoms with Crippen LogP contribution in [-0.2, 0) is 0 Å². The Morgan fingerprint density at radius 3 is 2.50 bits per heavy atom. The molecule has 2 nitrogen and oxygen atoms in total. The van der Waals surface area contributed by atoms with Gasteiger partial charge in [-0.25, -0.2) is 0 Å².